The summed E-state index contributed by atoms with van der Waals surface area (Å²) in [6, 6.07) is 0. The fourth-order valence-electron chi connectivity index (χ4n) is 3.01. The molecule has 0 atom stereocenters. The number of hydrogen-bond donors (Lipinski definition) is 3. The first kappa shape index (κ1) is 17.7. The van der Waals surface area contributed by atoms with Gasteiger partial charge in [-0.3, -0.25) is 0 Å². The highest BCUT2D eigenvalue weighted by Gasteiger charge is 2.21. The maximum absolute atomic E-state index is 11.4. The zero-order chi connectivity index (χ0) is 18.2. The van der Waals surface area contributed by atoms with Crippen molar-refractivity contribution in [1.29, 1.82) is 0 Å². The summed E-state index contributed by atoms with van der Waals surface area (Å²) in [5.41, 5.74) is 25.5. The largest absolute Gasteiger partial charge is 0.398 e. The van der Waals surface area contributed by atoms with E-state index < -0.39 is 0 Å². The van der Waals surface area contributed by atoms with Crippen LogP contribution in [0.25, 0.3) is 11.1 Å². The maximum atomic E-state index is 11.4. The van der Waals surface area contributed by atoms with Crippen LogP contribution in [0, 0.1) is 27.7 Å². The molecule has 0 saturated heterocycles. The van der Waals surface area contributed by atoms with E-state index >= 15 is 0 Å². The van der Waals surface area contributed by atoms with Gasteiger partial charge in [0.1, 0.15) is 11.6 Å². The van der Waals surface area contributed by atoms with E-state index in [4.69, 9.17) is 17.2 Å². The van der Waals surface area contributed by atoms with Crippen molar-refractivity contribution in [1.82, 2.24) is 9.97 Å². The lowest BCUT2D eigenvalue weighted by atomic mass is 9.87. The summed E-state index contributed by atoms with van der Waals surface area (Å²) in [7, 11) is 0. The number of aryl methyl sites for hydroxylation is 1. The van der Waals surface area contributed by atoms with E-state index in [0.29, 0.717) is 24.4 Å². The highest BCUT2D eigenvalue weighted by atomic mass is 16.1. The molecule has 6 N–H and O–H groups in total. The fraction of sp³-hybridized carbons (Fsp3) is 0.389. The fourth-order valence-corrected chi connectivity index (χ4v) is 3.01. The van der Waals surface area contributed by atoms with E-state index in [1.807, 2.05) is 27.7 Å². The van der Waals surface area contributed by atoms with Crippen molar-refractivity contribution in [3.8, 4) is 11.1 Å². The highest BCUT2D eigenvalue weighted by Crippen LogP contribution is 2.39. The second-order valence-electron chi connectivity index (χ2n) is 6.28. The Kier molecular flexibility index (Phi) is 4.78. The lowest BCUT2D eigenvalue weighted by Gasteiger charge is -2.21. The van der Waals surface area contributed by atoms with Crippen LogP contribution >= 0.6 is 0 Å². The number of nitrogen functional groups attached to an aromatic ring is 3. The van der Waals surface area contributed by atoms with Crippen LogP contribution in [0.15, 0.2) is 0 Å². The molecule has 1 aromatic carbocycles. The van der Waals surface area contributed by atoms with Gasteiger partial charge in [0.25, 0.3) is 0 Å². The van der Waals surface area contributed by atoms with Crippen molar-refractivity contribution < 1.29 is 4.79 Å². The molecule has 0 aliphatic heterocycles. The molecule has 6 nitrogen and oxygen atoms in total. The van der Waals surface area contributed by atoms with E-state index in [-0.39, 0.29) is 11.7 Å². The van der Waals surface area contributed by atoms with Crippen LogP contribution in [0.4, 0.5) is 17.5 Å². The third-order valence-electron chi connectivity index (χ3n) is 4.68. The smallest absolute Gasteiger partial charge is 0.222 e. The molecule has 0 saturated carbocycles. The lowest BCUT2D eigenvalue weighted by Crippen LogP contribution is -2.11. The van der Waals surface area contributed by atoms with Gasteiger partial charge in [-0.25, -0.2) is 4.98 Å². The SMILES string of the molecule is CC(=O)CCc1nc(N)nc(N)c1-c1c(C)c(C)c(N)c(C)c1C. The molecule has 6 heteroatoms. The Morgan fingerprint density at radius 1 is 0.875 bits per heavy atom. The number of carbonyl (C=O) groups is 1. The van der Waals surface area contributed by atoms with Crippen LogP contribution in [0.5, 0.6) is 0 Å². The predicted molar refractivity (Wildman–Crippen MR) is 98.7 cm³/mol. The summed E-state index contributed by atoms with van der Waals surface area (Å²) in [5.74, 6) is 0.541. The summed E-state index contributed by atoms with van der Waals surface area (Å²) in [4.78, 5) is 19.9. The summed E-state index contributed by atoms with van der Waals surface area (Å²) in [6.07, 6.45) is 0.858. The van der Waals surface area contributed by atoms with Crippen molar-refractivity contribution in [2.24, 2.45) is 0 Å². The first-order valence-electron chi connectivity index (χ1n) is 7.92. The van der Waals surface area contributed by atoms with Crippen LogP contribution < -0.4 is 17.2 Å². The van der Waals surface area contributed by atoms with Crippen molar-refractivity contribution in [3.63, 3.8) is 0 Å². The van der Waals surface area contributed by atoms with Crippen molar-refractivity contribution in [3.05, 3.63) is 27.9 Å². The third-order valence-corrected chi connectivity index (χ3v) is 4.68. The quantitative estimate of drug-likeness (QED) is 0.742. The molecule has 0 spiro atoms. The van der Waals surface area contributed by atoms with E-state index in [0.717, 1.165) is 39.1 Å². The number of Topliss-reactive ketones (excluding diaryl/α,β-unsaturated/α-hetero) is 1. The van der Waals surface area contributed by atoms with Gasteiger partial charge in [-0.05, 0) is 68.9 Å². The Labute approximate surface area is 142 Å². The minimum absolute atomic E-state index is 0.0924. The van der Waals surface area contributed by atoms with Crippen LogP contribution in [0.2, 0.25) is 0 Å². The molecular formula is C18H25N5O. The molecule has 1 aromatic heterocycles. The van der Waals surface area contributed by atoms with Crippen LogP contribution in [-0.4, -0.2) is 15.8 Å². The first-order valence-corrected chi connectivity index (χ1v) is 7.92. The number of ketones is 1. The number of anilines is 3. The molecule has 2 aromatic rings. The molecule has 1 heterocycles. The third kappa shape index (κ3) is 3.04. The molecule has 0 fully saturated rings. The Morgan fingerprint density at radius 3 is 1.92 bits per heavy atom. The monoisotopic (exact) mass is 327 g/mol. The number of nitrogens with zero attached hydrogens (tertiary/aromatic N) is 2. The minimum Gasteiger partial charge on any atom is -0.398 e. The van der Waals surface area contributed by atoms with Gasteiger partial charge in [-0.15, -0.1) is 0 Å². The lowest BCUT2D eigenvalue weighted by molar-refractivity contribution is -0.116. The average Bonchev–Trinajstić information content (AvgIpc) is 2.51. The maximum Gasteiger partial charge on any atom is 0.222 e. The van der Waals surface area contributed by atoms with Gasteiger partial charge in [0.2, 0.25) is 5.95 Å². The normalized spacial score (nSPS) is 10.9. The second-order valence-corrected chi connectivity index (χ2v) is 6.28. The average molecular weight is 327 g/mol. The van der Waals surface area contributed by atoms with Crippen molar-refractivity contribution in [2.45, 2.75) is 47.5 Å². The van der Waals surface area contributed by atoms with Gasteiger partial charge in [-0.2, -0.15) is 4.98 Å². The Hall–Kier alpha value is -2.63. The van der Waals surface area contributed by atoms with E-state index in [2.05, 4.69) is 9.97 Å². The molecule has 0 aliphatic carbocycles. The van der Waals surface area contributed by atoms with Crippen molar-refractivity contribution >= 4 is 23.2 Å². The van der Waals surface area contributed by atoms with Crippen LogP contribution in [0.1, 0.15) is 41.3 Å². The zero-order valence-corrected chi connectivity index (χ0v) is 14.9. The summed E-state index contributed by atoms with van der Waals surface area (Å²) in [6.45, 7) is 9.56. The van der Waals surface area contributed by atoms with Gasteiger partial charge in [-0.1, -0.05) is 0 Å². The molecule has 0 bridgehead atoms. The second kappa shape index (κ2) is 6.47. The standard InChI is InChI=1S/C18H25N5O/c1-8(24)6-7-13-15(17(20)23-18(21)22-13)14-9(2)11(4)16(19)12(5)10(14)3/h6-7,19H2,1-5H3,(H4,20,21,22,23). The van der Waals surface area contributed by atoms with Crippen LogP contribution in [0.3, 0.4) is 0 Å². The van der Waals surface area contributed by atoms with E-state index in [1.54, 1.807) is 6.92 Å². The molecule has 0 amide bonds. The molecule has 0 radical (unpaired) electrons. The molecular weight excluding hydrogens is 302 g/mol. The van der Waals surface area contributed by atoms with E-state index in [9.17, 15) is 4.79 Å². The molecule has 0 aliphatic rings. The Balaban J connectivity index is 2.80. The number of nitrogens with two attached hydrogens (primary N) is 3. The molecule has 2 rings (SSSR count). The molecule has 24 heavy (non-hydrogen) atoms. The number of rotatable bonds is 4. The molecule has 0 unspecified atom stereocenters. The number of aromatic nitrogens is 2. The Bertz CT molecular complexity index is 798. The Morgan fingerprint density at radius 2 is 1.42 bits per heavy atom. The van der Waals surface area contributed by atoms with E-state index in [1.165, 1.54) is 0 Å². The zero-order valence-electron chi connectivity index (χ0n) is 14.9. The van der Waals surface area contributed by atoms with Gasteiger partial charge in [0.05, 0.1) is 5.69 Å². The van der Waals surface area contributed by atoms with Gasteiger partial charge >= 0.3 is 0 Å². The van der Waals surface area contributed by atoms with Crippen molar-refractivity contribution in [2.75, 3.05) is 17.2 Å². The minimum atomic E-state index is 0.0924. The number of benzene rings is 1. The first-order chi connectivity index (χ1) is 11.1. The number of hydrogen-bond acceptors (Lipinski definition) is 6. The molecule has 128 valence electrons. The summed E-state index contributed by atoms with van der Waals surface area (Å²) in [5, 5.41) is 0. The van der Waals surface area contributed by atoms with Crippen LogP contribution in [-0.2, 0) is 11.2 Å². The predicted octanol–water partition coefficient (Wildman–Crippen LogP) is 2.65. The topological polar surface area (TPSA) is 121 Å². The summed E-state index contributed by atoms with van der Waals surface area (Å²) >= 11 is 0. The van der Waals surface area contributed by atoms with Gasteiger partial charge in [0, 0.05) is 17.7 Å². The van der Waals surface area contributed by atoms with Gasteiger partial charge in [0.15, 0.2) is 0 Å². The van der Waals surface area contributed by atoms with Gasteiger partial charge < -0.3 is 22.0 Å². The highest BCUT2D eigenvalue weighted by molar-refractivity contribution is 5.85. The summed E-state index contributed by atoms with van der Waals surface area (Å²) < 4.78 is 0. The number of carbonyl (C=O) groups excluding carboxylic acids is 1.